The minimum atomic E-state index is 0.789. The maximum Gasteiger partial charge on any atom is 0.0409 e. The van der Waals surface area contributed by atoms with Gasteiger partial charge in [0.25, 0.3) is 0 Å². The Morgan fingerprint density at radius 3 is 1.62 bits per heavy atom. The van der Waals surface area contributed by atoms with E-state index in [1.807, 2.05) is 36.4 Å². The zero-order valence-corrected chi connectivity index (χ0v) is 13.4. The highest BCUT2D eigenvalue weighted by atomic mass is 35.5. The minimum absolute atomic E-state index is 0.789. The summed E-state index contributed by atoms with van der Waals surface area (Å²) in [5, 5.41) is 8.41. The molecule has 0 amide bonds. The van der Waals surface area contributed by atoms with Crippen LogP contribution in [0.5, 0.6) is 0 Å². The smallest absolute Gasteiger partial charge is 0.0409 e. The van der Waals surface area contributed by atoms with Gasteiger partial charge < -0.3 is 10.6 Å². The fourth-order valence-corrected chi connectivity index (χ4v) is 2.52. The molecule has 2 N–H and O–H groups in total. The lowest BCUT2D eigenvalue weighted by Crippen LogP contribution is -2.21. The van der Waals surface area contributed by atoms with Crippen LogP contribution in [-0.4, -0.2) is 13.1 Å². The summed E-state index contributed by atoms with van der Waals surface area (Å²) in [4.78, 5) is 0. The van der Waals surface area contributed by atoms with Gasteiger partial charge in [0.15, 0.2) is 0 Å². The molecule has 0 aliphatic carbocycles. The summed E-state index contributed by atoms with van der Waals surface area (Å²) in [7, 11) is 0. The first-order valence-electron chi connectivity index (χ1n) is 7.14. The number of hydrogen-bond acceptors (Lipinski definition) is 2. The monoisotopic (exact) mass is 322 g/mol. The lowest BCUT2D eigenvalue weighted by molar-refractivity contribution is 0.595. The number of rotatable bonds is 8. The van der Waals surface area contributed by atoms with Crippen molar-refractivity contribution in [2.24, 2.45) is 0 Å². The van der Waals surface area contributed by atoms with Crippen LogP contribution in [0.2, 0.25) is 10.0 Å². The van der Waals surface area contributed by atoms with Crippen LogP contribution in [0.15, 0.2) is 48.5 Å². The van der Waals surface area contributed by atoms with E-state index in [1.165, 1.54) is 11.1 Å². The molecule has 0 aliphatic heterocycles. The number of hydrogen-bond donors (Lipinski definition) is 2. The highest BCUT2D eigenvalue weighted by Crippen LogP contribution is 2.11. The van der Waals surface area contributed by atoms with Crippen LogP contribution in [-0.2, 0) is 13.1 Å². The van der Waals surface area contributed by atoms with Crippen LogP contribution in [0.25, 0.3) is 0 Å². The van der Waals surface area contributed by atoms with E-state index in [2.05, 4.69) is 22.8 Å². The Labute approximate surface area is 136 Å². The quantitative estimate of drug-likeness (QED) is 0.709. The van der Waals surface area contributed by atoms with Gasteiger partial charge in [-0.3, -0.25) is 0 Å². The third-order valence-electron chi connectivity index (χ3n) is 3.14. The molecule has 2 rings (SSSR count). The van der Waals surface area contributed by atoms with Crippen molar-refractivity contribution in [3.8, 4) is 0 Å². The molecular formula is C17H20Cl2N2. The lowest BCUT2D eigenvalue weighted by Gasteiger charge is -2.07. The Bertz CT molecular complexity index is 508. The molecule has 0 aromatic heterocycles. The molecule has 0 saturated heterocycles. The molecule has 0 spiro atoms. The van der Waals surface area contributed by atoms with Crippen LogP contribution >= 0.6 is 23.2 Å². The summed E-state index contributed by atoms with van der Waals surface area (Å²) in [6, 6.07) is 15.9. The Hall–Kier alpha value is -1.06. The van der Waals surface area contributed by atoms with E-state index in [0.717, 1.165) is 42.6 Å². The van der Waals surface area contributed by atoms with E-state index < -0.39 is 0 Å². The van der Waals surface area contributed by atoms with Gasteiger partial charge in [-0.15, -0.1) is 0 Å². The third-order valence-corrected chi connectivity index (χ3v) is 3.61. The van der Waals surface area contributed by atoms with Gasteiger partial charge >= 0.3 is 0 Å². The highest BCUT2D eigenvalue weighted by molar-refractivity contribution is 6.30. The van der Waals surface area contributed by atoms with Gasteiger partial charge in [-0.05, 0) is 54.9 Å². The zero-order valence-electron chi connectivity index (χ0n) is 11.9. The van der Waals surface area contributed by atoms with Crippen LogP contribution in [0.1, 0.15) is 17.5 Å². The standard InChI is InChI=1S/C17H20Cl2N2/c18-16-6-1-4-14(10-16)12-20-8-3-9-21-13-15-5-2-7-17(19)11-15/h1-2,4-7,10-11,20-21H,3,8-9,12-13H2. The van der Waals surface area contributed by atoms with Gasteiger partial charge in [0.2, 0.25) is 0 Å². The minimum Gasteiger partial charge on any atom is -0.313 e. The van der Waals surface area contributed by atoms with Gasteiger partial charge in [-0.1, -0.05) is 47.5 Å². The Morgan fingerprint density at radius 1 is 0.714 bits per heavy atom. The molecule has 0 unspecified atom stereocenters. The maximum atomic E-state index is 5.95. The molecule has 0 atom stereocenters. The predicted octanol–water partition coefficient (Wildman–Crippen LogP) is 4.26. The van der Waals surface area contributed by atoms with Crippen LogP contribution in [0.3, 0.4) is 0 Å². The van der Waals surface area contributed by atoms with Crippen molar-refractivity contribution in [1.82, 2.24) is 10.6 Å². The third kappa shape index (κ3) is 6.49. The second kappa shape index (κ2) is 9.06. The normalized spacial score (nSPS) is 10.8. The predicted molar refractivity (Wildman–Crippen MR) is 90.9 cm³/mol. The molecule has 2 aromatic carbocycles. The number of halogens is 2. The molecule has 0 aliphatic rings. The first kappa shape index (κ1) is 16.3. The lowest BCUT2D eigenvalue weighted by atomic mass is 10.2. The van der Waals surface area contributed by atoms with Gasteiger partial charge in [0.05, 0.1) is 0 Å². The average molecular weight is 323 g/mol. The average Bonchev–Trinajstić information content (AvgIpc) is 2.46. The van der Waals surface area contributed by atoms with Crippen LogP contribution in [0, 0.1) is 0 Å². The van der Waals surface area contributed by atoms with Crippen molar-refractivity contribution in [3.05, 3.63) is 69.7 Å². The van der Waals surface area contributed by atoms with Crippen LogP contribution < -0.4 is 10.6 Å². The van der Waals surface area contributed by atoms with Gasteiger partial charge in [-0.2, -0.15) is 0 Å². The van der Waals surface area contributed by atoms with E-state index in [0.29, 0.717) is 0 Å². The Kier molecular flexibility index (Phi) is 7.04. The molecule has 21 heavy (non-hydrogen) atoms. The molecule has 2 nitrogen and oxygen atoms in total. The first-order valence-corrected chi connectivity index (χ1v) is 7.90. The van der Waals surface area contributed by atoms with Gasteiger partial charge in [0, 0.05) is 23.1 Å². The molecule has 0 radical (unpaired) electrons. The summed E-state index contributed by atoms with van der Waals surface area (Å²) in [5.41, 5.74) is 2.43. The van der Waals surface area contributed by atoms with E-state index >= 15 is 0 Å². The number of benzene rings is 2. The summed E-state index contributed by atoms with van der Waals surface area (Å²) in [6.45, 7) is 3.67. The first-order chi connectivity index (χ1) is 10.2. The van der Waals surface area contributed by atoms with E-state index in [4.69, 9.17) is 23.2 Å². The molecule has 2 aromatic rings. The molecule has 112 valence electrons. The summed E-state index contributed by atoms with van der Waals surface area (Å²) in [6.07, 6.45) is 1.08. The van der Waals surface area contributed by atoms with Crippen molar-refractivity contribution < 1.29 is 0 Å². The summed E-state index contributed by atoms with van der Waals surface area (Å²) < 4.78 is 0. The molecule has 4 heteroatoms. The largest absolute Gasteiger partial charge is 0.313 e. The second-order valence-corrected chi connectivity index (χ2v) is 5.84. The maximum absolute atomic E-state index is 5.95. The zero-order chi connectivity index (χ0) is 14.9. The number of nitrogens with one attached hydrogen (secondary N) is 2. The fourth-order valence-electron chi connectivity index (χ4n) is 2.10. The van der Waals surface area contributed by atoms with Crippen molar-refractivity contribution >= 4 is 23.2 Å². The highest BCUT2D eigenvalue weighted by Gasteiger charge is 1.95. The van der Waals surface area contributed by atoms with Gasteiger partial charge in [0.1, 0.15) is 0 Å². The summed E-state index contributed by atoms with van der Waals surface area (Å²) >= 11 is 11.9. The van der Waals surface area contributed by atoms with Crippen LogP contribution in [0.4, 0.5) is 0 Å². The summed E-state index contributed by atoms with van der Waals surface area (Å²) in [5.74, 6) is 0. The van der Waals surface area contributed by atoms with E-state index in [1.54, 1.807) is 0 Å². The van der Waals surface area contributed by atoms with E-state index in [-0.39, 0.29) is 0 Å². The van der Waals surface area contributed by atoms with Crippen molar-refractivity contribution in [1.29, 1.82) is 0 Å². The van der Waals surface area contributed by atoms with Crippen molar-refractivity contribution in [2.45, 2.75) is 19.5 Å². The molecule has 0 saturated carbocycles. The SMILES string of the molecule is Clc1cccc(CNCCCNCc2cccc(Cl)c2)c1. The molecule has 0 bridgehead atoms. The topological polar surface area (TPSA) is 24.1 Å². The Balaban J connectivity index is 1.54. The van der Waals surface area contributed by atoms with Crippen molar-refractivity contribution in [3.63, 3.8) is 0 Å². The second-order valence-electron chi connectivity index (χ2n) is 4.97. The molecule has 0 fully saturated rings. The Morgan fingerprint density at radius 2 is 1.19 bits per heavy atom. The van der Waals surface area contributed by atoms with Gasteiger partial charge in [-0.25, -0.2) is 0 Å². The fraction of sp³-hybridized carbons (Fsp3) is 0.294. The molecular weight excluding hydrogens is 303 g/mol. The van der Waals surface area contributed by atoms with Crippen molar-refractivity contribution in [2.75, 3.05) is 13.1 Å². The van der Waals surface area contributed by atoms with E-state index in [9.17, 15) is 0 Å². The molecule has 0 heterocycles.